The van der Waals surface area contributed by atoms with Gasteiger partial charge in [-0.2, -0.15) is 13.2 Å². The maximum atomic E-state index is 14.3. The molecule has 0 aliphatic carbocycles. The van der Waals surface area contributed by atoms with Crippen molar-refractivity contribution in [3.05, 3.63) is 74.9 Å². The van der Waals surface area contributed by atoms with Crippen molar-refractivity contribution in [1.82, 2.24) is 14.3 Å². The molecule has 0 unspecified atom stereocenters. The summed E-state index contributed by atoms with van der Waals surface area (Å²) in [7, 11) is 0. The van der Waals surface area contributed by atoms with Crippen LogP contribution in [0.1, 0.15) is 11.1 Å². The maximum absolute atomic E-state index is 14.3. The van der Waals surface area contributed by atoms with Gasteiger partial charge in [-0.1, -0.05) is 29.8 Å². The molecule has 154 valence electrons. The van der Waals surface area contributed by atoms with Gasteiger partial charge in [0.05, 0.1) is 13.1 Å². The lowest BCUT2D eigenvalue weighted by molar-refractivity contribution is -0.207. The highest BCUT2D eigenvalue weighted by Gasteiger charge is 2.39. The predicted octanol–water partition coefficient (Wildman–Crippen LogP) is 3.78. The summed E-state index contributed by atoms with van der Waals surface area (Å²) in [4.78, 5) is 12.7. The highest BCUT2D eigenvalue weighted by molar-refractivity contribution is 6.30. The number of aromatic nitrogens is 3. The van der Waals surface area contributed by atoms with Crippen LogP contribution in [0.25, 0.3) is 11.4 Å². The SMILES string of the molecule is Cc1cccc(Cn2nc(-c3ccc(Cl)cc3)n(C[C@H](O)C(F)(F)F)c2=O)c1F. The summed E-state index contributed by atoms with van der Waals surface area (Å²) in [6.07, 6.45) is -7.68. The van der Waals surface area contributed by atoms with E-state index in [1.807, 2.05) is 0 Å². The Kier molecular flexibility index (Phi) is 5.81. The van der Waals surface area contributed by atoms with Crippen LogP contribution in [-0.4, -0.2) is 31.7 Å². The predicted molar refractivity (Wildman–Crippen MR) is 99.2 cm³/mol. The lowest BCUT2D eigenvalue weighted by Gasteiger charge is -2.15. The number of aliphatic hydroxyl groups excluding tert-OH is 1. The van der Waals surface area contributed by atoms with Crippen molar-refractivity contribution in [3.63, 3.8) is 0 Å². The molecule has 0 aliphatic heterocycles. The quantitative estimate of drug-likeness (QED) is 0.628. The minimum absolute atomic E-state index is 0.0944. The average Bonchev–Trinajstić information content (AvgIpc) is 2.95. The fraction of sp³-hybridized carbons (Fsp3) is 0.263. The van der Waals surface area contributed by atoms with Gasteiger partial charge in [0.15, 0.2) is 11.9 Å². The van der Waals surface area contributed by atoms with Crippen LogP contribution in [0.15, 0.2) is 47.3 Å². The van der Waals surface area contributed by atoms with Crippen LogP contribution in [0, 0.1) is 12.7 Å². The Bertz CT molecular complexity index is 1070. The molecule has 10 heteroatoms. The number of nitrogens with zero attached hydrogens (tertiary/aromatic N) is 3. The summed E-state index contributed by atoms with van der Waals surface area (Å²) in [6, 6.07) is 10.6. The van der Waals surface area contributed by atoms with E-state index in [9.17, 15) is 27.5 Å². The first-order valence-corrected chi connectivity index (χ1v) is 8.88. The fourth-order valence-corrected chi connectivity index (χ4v) is 2.92. The zero-order valence-corrected chi connectivity index (χ0v) is 15.9. The van der Waals surface area contributed by atoms with E-state index in [4.69, 9.17) is 11.6 Å². The molecule has 1 heterocycles. The van der Waals surface area contributed by atoms with Gasteiger partial charge in [-0.3, -0.25) is 4.57 Å². The molecule has 0 fully saturated rings. The molecule has 5 nitrogen and oxygen atoms in total. The largest absolute Gasteiger partial charge is 0.416 e. The second-order valence-corrected chi connectivity index (χ2v) is 6.92. The molecule has 1 N–H and O–H groups in total. The van der Waals surface area contributed by atoms with Crippen LogP contribution < -0.4 is 5.69 Å². The van der Waals surface area contributed by atoms with Crippen LogP contribution in [0.2, 0.25) is 5.02 Å². The fourth-order valence-electron chi connectivity index (χ4n) is 2.79. The lowest BCUT2D eigenvalue weighted by atomic mass is 10.1. The van der Waals surface area contributed by atoms with Gasteiger partial charge in [0.1, 0.15) is 5.82 Å². The monoisotopic (exact) mass is 429 g/mol. The van der Waals surface area contributed by atoms with Gasteiger partial charge in [0.25, 0.3) is 0 Å². The summed E-state index contributed by atoms with van der Waals surface area (Å²) in [6.45, 7) is 0.234. The molecule has 0 aliphatic rings. The first kappa shape index (κ1) is 21.1. The molecule has 0 amide bonds. The van der Waals surface area contributed by atoms with Crippen molar-refractivity contribution in [2.45, 2.75) is 32.3 Å². The van der Waals surface area contributed by atoms with Gasteiger partial charge in [-0.25, -0.2) is 13.9 Å². The summed E-state index contributed by atoms with van der Waals surface area (Å²) in [5, 5.41) is 13.9. The Labute approximate surface area is 167 Å². The Morgan fingerprint density at radius 3 is 2.45 bits per heavy atom. The second-order valence-electron chi connectivity index (χ2n) is 6.49. The van der Waals surface area contributed by atoms with E-state index < -0.39 is 30.3 Å². The van der Waals surface area contributed by atoms with Crippen LogP contribution in [-0.2, 0) is 13.1 Å². The Balaban J connectivity index is 2.08. The number of alkyl halides is 3. The van der Waals surface area contributed by atoms with Gasteiger partial charge in [-0.15, -0.1) is 5.10 Å². The van der Waals surface area contributed by atoms with Crippen molar-refractivity contribution in [1.29, 1.82) is 0 Å². The van der Waals surface area contributed by atoms with Crippen LogP contribution in [0.4, 0.5) is 17.6 Å². The molecule has 0 saturated heterocycles. The lowest BCUT2D eigenvalue weighted by Crippen LogP contribution is -2.37. The van der Waals surface area contributed by atoms with Crippen molar-refractivity contribution >= 4 is 11.6 Å². The van der Waals surface area contributed by atoms with Gasteiger partial charge in [-0.05, 0) is 36.8 Å². The molecule has 0 radical (unpaired) electrons. The topological polar surface area (TPSA) is 60.1 Å². The number of rotatable bonds is 5. The first-order valence-electron chi connectivity index (χ1n) is 8.50. The van der Waals surface area contributed by atoms with E-state index in [0.717, 1.165) is 9.25 Å². The summed E-state index contributed by atoms with van der Waals surface area (Å²) >= 11 is 5.83. The molecule has 2 aromatic carbocycles. The zero-order chi connectivity index (χ0) is 21.3. The second kappa shape index (κ2) is 8.00. The number of benzene rings is 2. The van der Waals surface area contributed by atoms with E-state index in [2.05, 4.69) is 5.10 Å². The molecule has 3 aromatic rings. The average molecular weight is 430 g/mol. The number of hydrogen-bond acceptors (Lipinski definition) is 3. The first-order chi connectivity index (χ1) is 13.6. The normalized spacial score (nSPS) is 12.9. The standard InChI is InChI=1S/C19H16ClF4N3O2/c1-11-3-2-4-13(16(11)21)9-27-18(29)26(10-15(28)19(22,23)24)17(25-27)12-5-7-14(20)8-6-12/h2-8,15,28H,9-10H2,1H3/t15-/m0/s1. The van der Waals surface area contributed by atoms with Gasteiger partial charge >= 0.3 is 11.9 Å². The van der Waals surface area contributed by atoms with E-state index in [0.29, 0.717) is 16.1 Å². The van der Waals surface area contributed by atoms with Gasteiger partial charge < -0.3 is 5.11 Å². The van der Waals surface area contributed by atoms with Crippen molar-refractivity contribution < 1.29 is 22.7 Å². The molecule has 0 saturated carbocycles. The van der Waals surface area contributed by atoms with E-state index in [-0.39, 0.29) is 17.9 Å². The molecular weight excluding hydrogens is 414 g/mol. The van der Waals surface area contributed by atoms with Crippen molar-refractivity contribution in [3.8, 4) is 11.4 Å². The third kappa shape index (κ3) is 4.51. The molecule has 0 spiro atoms. The summed E-state index contributed by atoms with van der Waals surface area (Å²) in [5.41, 5.74) is -0.0559. The van der Waals surface area contributed by atoms with Crippen LogP contribution >= 0.6 is 11.6 Å². The van der Waals surface area contributed by atoms with E-state index in [1.54, 1.807) is 19.1 Å². The van der Waals surface area contributed by atoms with Crippen LogP contribution in [0.5, 0.6) is 0 Å². The molecule has 29 heavy (non-hydrogen) atoms. The summed E-state index contributed by atoms with van der Waals surface area (Å²) < 4.78 is 54.4. The maximum Gasteiger partial charge on any atom is 0.416 e. The van der Waals surface area contributed by atoms with Gasteiger partial charge in [0, 0.05) is 16.1 Å². The minimum Gasteiger partial charge on any atom is -0.382 e. The highest BCUT2D eigenvalue weighted by atomic mass is 35.5. The summed E-state index contributed by atoms with van der Waals surface area (Å²) in [5.74, 6) is -0.625. The minimum atomic E-state index is -4.92. The molecule has 1 atom stereocenters. The van der Waals surface area contributed by atoms with E-state index >= 15 is 0 Å². The number of aryl methyl sites for hydroxylation is 1. The molecule has 1 aromatic heterocycles. The molecule has 0 bridgehead atoms. The number of halogens is 5. The Morgan fingerprint density at radius 2 is 1.83 bits per heavy atom. The Morgan fingerprint density at radius 1 is 1.17 bits per heavy atom. The third-order valence-electron chi connectivity index (χ3n) is 4.35. The van der Waals surface area contributed by atoms with Crippen molar-refractivity contribution in [2.75, 3.05) is 0 Å². The van der Waals surface area contributed by atoms with Gasteiger partial charge in [0.2, 0.25) is 0 Å². The number of hydrogen-bond donors (Lipinski definition) is 1. The van der Waals surface area contributed by atoms with Crippen molar-refractivity contribution in [2.24, 2.45) is 0 Å². The smallest absolute Gasteiger partial charge is 0.382 e. The molecule has 3 rings (SSSR count). The highest BCUT2D eigenvalue weighted by Crippen LogP contribution is 2.24. The Hall–Kier alpha value is -2.65. The number of aliphatic hydroxyl groups is 1. The zero-order valence-electron chi connectivity index (χ0n) is 15.1. The third-order valence-corrected chi connectivity index (χ3v) is 4.60. The van der Waals surface area contributed by atoms with Crippen LogP contribution in [0.3, 0.4) is 0 Å². The molecular formula is C19H16ClF4N3O2. The van der Waals surface area contributed by atoms with E-state index in [1.165, 1.54) is 30.3 Å².